The summed E-state index contributed by atoms with van der Waals surface area (Å²) in [5, 5.41) is 2.91. The molecule has 0 bridgehead atoms. The van der Waals surface area contributed by atoms with Crippen LogP contribution in [0, 0.1) is 0 Å². The van der Waals surface area contributed by atoms with Gasteiger partial charge in [0.05, 0.1) is 19.8 Å². The highest BCUT2D eigenvalue weighted by Crippen LogP contribution is 2.33. The second-order valence-electron chi connectivity index (χ2n) is 5.56. The summed E-state index contributed by atoms with van der Waals surface area (Å²) >= 11 is 1.56. The Hall–Kier alpha value is -2.47. The maximum absolute atomic E-state index is 12.6. The summed E-state index contributed by atoms with van der Waals surface area (Å²) in [6.07, 6.45) is 0.518. The molecular formula is C19H19NO4S. The summed E-state index contributed by atoms with van der Waals surface area (Å²) in [5.74, 6) is 1.98. The zero-order valence-corrected chi connectivity index (χ0v) is 14.9. The molecule has 0 aliphatic carbocycles. The minimum absolute atomic E-state index is 0.0952. The van der Waals surface area contributed by atoms with Crippen molar-refractivity contribution in [1.82, 2.24) is 5.32 Å². The maximum atomic E-state index is 12.6. The fourth-order valence-electron chi connectivity index (χ4n) is 2.76. The van der Waals surface area contributed by atoms with Crippen molar-refractivity contribution in [2.24, 2.45) is 0 Å². The van der Waals surface area contributed by atoms with Crippen LogP contribution in [0.15, 0.2) is 41.3 Å². The third-order valence-corrected chi connectivity index (χ3v) is 5.20. The second-order valence-corrected chi connectivity index (χ2v) is 6.67. The van der Waals surface area contributed by atoms with E-state index >= 15 is 0 Å². The van der Waals surface area contributed by atoms with E-state index in [0.717, 1.165) is 10.5 Å². The van der Waals surface area contributed by atoms with E-state index in [0.29, 0.717) is 41.3 Å². The Morgan fingerprint density at radius 2 is 2.04 bits per heavy atom. The lowest BCUT2D eigenvalue weighted by Crippen LogP contribution is -2.25. The zero-order valence-electron chi connectivity index (χ0n) is 14.1. The molecule has 2 aromatic carbocycles. The van der Waals surface area contributed by atoms with Crippen molar-refractivity contribution in [2.45, 2.75) is 17.9 Å². The predicted octanol–water partition coefficient (Wildman–Crippen LogP) is 3.31. The molecule has 1 N–H and O–H groups in total. The molecule has 0 fully saturated rings. The first-order chi connectivity index (χ1) is 12.1. The number of fused-ring (bicyclic) bond motifs is 1. The van der Waals surface area contributed by atoms with Crippen LogP contribution >= 0.6 is 11.8 Å². The Bertz CT molecular complexity index is 819. The van der Waals surface area contributed by atoms with E-state index in [1.54, 1.807) is 56.3 Å². The zero-order chi connectivity index (χ0) is 17.8. The van der Waals surface area contributed by atoms with Gasteiger partial charge in [-0.15, -0.1) is 11.8 Å². The van der Waals surface area contributed by atoms with Gasteiger partial charge in [-0.1, -0.05) is 12.1 Å². The van der Waals surface area contributed by atoms with Gasteiger partial charge in [-0.05, 0) is 24.3 Å². The van der Waals surface area contributed by atoms with Crippen LogP contribution in [0.4, 0.5) is 0 Å². The molecule has 0 saturated heterocycles. The van der Waals surface area contributed by atoms with Gasteiger partial charge in [0.15, 0.2) is 5.78 Å². The maximum Gasteiger partial charge on any atom is 0.252 e. The summed E-state index contributed by atoms with van der Waals surface area (Å²) in [5.41, 5.74) is 2.00. The molecule has 1 aliphatic heterocycles. The number of methoxy groups -OCH3 is 2. The molecular weight excluding hydrogens is 338 g/mol. The number of carbonyl (C=O) groups is 2. The predicted molar refractivity (Wildman–Crippen MR) is 96.8 cm³/mol. The quantitative estimate of drug-likeness (QED) is 0.889. The van der Waals surface area contributed by atoms with Gasteiger partial charge in [-0.25, -0.2) is 0 Å². The lowest BCUT2D eigenvalue weighted by molar-refractivity contribution is 0.0947. The molecule has 1 heterocycles. The standard InChI is InChI=1S/C19H19NO4S/c1-23-13-6-7-17(24-2)12(10-13)11-20-19(22)15-5-3-4-14-16(21)8-9-25-18(14)15/h3-7,10H,8-9,11H2,1-2H3,(H,20,22). The SMILES string of the molecule is COc1ccc(OC)c(CNC(=O)c2cccc3c2SCCC3=O)c1. The minimum Gasteiger partial charge on any atom is -0.497 e. The fraction of sp³-hybridized carbons (Fsp3) is 0.263. The average molecular weight is 357 g/mol. The third kappa shape index (κ3) is 3.64. The topological polar surface area (TPSA) is 64.6 Å². The molecule has 5 nitrogen and oxygen atoms in total. The number of Topliss-reactive ketones (excluding diaryl/α,β-unsaturated/α-hetero) is 1. The number of carbonyl (C=O) groups excluding carboxylic acids is 2. The number of benzene rings is 2. The van der Waals surface area contributed by atoms with Crippen LogP contribution in [0.2, 0.25) is 0 Å². The number of rotatable bonds is 5. The number of ketones is 1. The van der Waals surface area contributed by atoms with E-state index in [-0.39, 0.29) is 11.7 Å². The van der Waals surface area contributed by atoms with E-state index in [9.17, 15) is 9.59 Å². The molecule has 0 radical (unpaired) electrons. The first kappa shape index (κ1) is 17.4. The Balaban J connectivity index is 1.80. The average Bonchev–Trinajstić information content (AvgIpc) is 2.65. The molecule has 130 valence electrons. The Morgan fingerprint density at radius 3 is 2.80 bits per heavy atom. The van der Waals surface area contributed by atoms with Gasteiger partial charge in [-0.2, -0.15) is 0 Å². The van der Waals surface area contributed by atoms with Crippen molar-refractivity contribution in [2.75, 3.05) is 20.0 Å². The molecule has 3 rings (SSSR count). The van der Waals surface area contributed by atoms with Crippen molar-refractivity contribution in [3.05, 3.63) is 53.1 Å². The van der Waals surface area contributed by atoms with Crippen molar-refractivity contribution in [1.29, 1.82) is 0 Å². The number of hydrogen-bond donors (Lipinski definition) is 1. The van der Waals surface area contributed by atoms with Crippen LogP contribution in [-0.2, 0) is 6.54 Å². The molecule has 0 saturated carbocycles. The summed E-state index contributed by atoms with van der Waals surface area (Å²) in [4.78, 5) is 25.4. The fourth-order valence-corrected chi connectivity index (χ4v) is 3.91. The molecule has 2 aromatic rings. The Morgan fingerprint density at radius 1 is 1.20 bits per heavy atom. The van der Waals surface area contributed by atoms with E-state index in [1.165, 1.54) is 0 Å². The summed E-state index contributed by atoms with van der Waals surface area (Å²) in [7, 11) is 3.18. The summed E-state index contributed by atoms with van der Waals surface area (Å²) in [6, 6.07) is 10.7. The van der Waals surface area contributed by atoms with Crippen molar-refractivity contribution < 1.29 is 19.1 Å². The van der Waals surface area contributed by atoms with Crippen molar-refractivity contribution >= 4 is 23.5 Å². The summed E-state index contributed by atoms with van der Waals surface area (Å²) < 4.78 is 10.6. The summed E-state index contributed by atoms with van der Waals surface area (Å²) in [6.45, 7) is 0.307. The largest absolute Gasteiger partial charge is 0.497 e. The highest BCUT2D eigenvalue weighted by atomic mass is 32.2. The number of nitrogens with one attached hydrogen (secondary N) is 1. The highest BCUT2D eigenvalue weighted by Gasteiger charge is 2.23. The molecule has 1 aliphatic rings. The normalized spacial score (nSPS) is 13.1. The number of amides is 1. The van der Waals surface area contributed by atoms with Gasteiger partial charge in [0, 0.05) is 34.7 Å². The van der Waals surface area contributed by atoms with Gasteiger partial charge in [0.1, 0.15) is 11.5 Å². The van der Waals surface area contributed by atoms with Crippen molar-refractivity contribution in [3.63, 3.8) is 0 Å². The van der Waals surface area contributed by atoms with Crippen LogP contribution in [0.3, 0.4) is 0 Å². The first-order valence-electron chi connectivity index (χ1n) is 7.92. The van der Waals surface area contributed by atoms with Gasteiger partial charge in [0.25, 0.3) is 5.91 Å². The molecule has 0 unspecified atom stereocenters. The Kier molecular flexibility index (Phi) is 5.28. The van der Waals surface area contributed by atoms with Crippen LogP contribution < -0.4 is 14.8 Å². The molecule has 6 heteroatoms. The lowest BCUT2D eigenvalue weighted by Gasteiger charge is -2.18. The van der Waals surface area contributed by atoms with E-state index < -0.39 is 0 Å². The Labute approximate surface area is 150 Å². The van der Waals surface area contributed by atoms with Crippen molar-refractivity contribution in [3.8, 4) is 11.5 Å². The number of ether oxygens (including phenoxy) is 2. The minimum atomic E-state index is -0.205. The van der Waals surface area contributed by atoms with Crippen LogP contribution in [0.25, 0.3) is 0 Å². The lowest BCUT2D eigenvalue weighted by atomic mass is 10.0. The number of hydrogen-bond acceptors (Lipinski definition) is 5. The van der Waals surface area contributed by atoms with E-state index in [1.807, 2.05) is 6.07 Å². The van der Waals surface area contributed by atoms with Gasteiger partial charge < -0.3 is 14.8 Å². The number of thioether (sulfide) groups is 1. The molecule has 0 spiro atoms. The first-order valence-corrected chi connectivity index (χ1v) is 8.90. The molecule has 0 atom stereocenters. The molecule has 1 amide bonds. The van der Waals surface area contributed by atoms with Crippen LogP contribution in [0.5, 0.6) is 11.5 Å². The van der Waals surface area contributed by atoms with E-state index in [2.05, 4.69) is 5.32 Å². The van der Waals surface area contributed by atoms with Gasteiger partial charge in [0.2, 0.25) is 0 Å². The van der Waals surface area contributed by atoms with Gasteiger partial charge >= 0.3 is 0 Å². The van der Waals surface area contributed by atoms with Crippen LogP contribution in [0.1, 0.15) is 32.7 Å². The monoisotopic (exact) mass is 357 g/mol. The van der Waals surface area contributed by atoms with E-state index in [4.69, 9.17) is 9.47 Å². The van der Waals surface area contributed by atoms with Crippen LogP contribution in [-0.4, -0.2) is 31.7 Å². The second kappa shape index (κ2) is 7.61. The van der Waals surface area contributed by atoms with Gasteiger partial charge in [-0.3, -0.25) is 9.59 Å². The smallest absolute Gasteiger partial charge is 0.252 e. The molecule has 0 aromatic heterocycles. The molecule has 25 heavy (non-hydrogen) atoms. The highest BCUT2D eigenvalue weighted by molar-refractivity contribution is 7.99. The third-order valence-electron chi connectivity index (χ3n) is 4.06.